The summed E-state index contributed by atoms with van der Waals surface area (Å²) in [5.74, 6) is -0.168. The van der Waals surface area contributed by atoms with E-state index in [1.54, 1.807) is 12.1 Å². The van der Waals surface area contributed by atoms with E-state index in [-0.39, 0.29) is 12.4 Å². The van der Waals surface area contributed by atoms with Crippen LogP contribution in [0.5, 0.6) is 0 Å². The zero-order valence-electron chi connectivity index (χ0n) is 11.0. The Morgan fingerprint density at radius 3 is 2.83 bits per heavy atom. The number of aliphatic hydroxyl groups is 1. The fourth-order valence-corrected chi connectivity index (χ4v) is 2.41. The second-order valence-electron chi connectivity index (χ2n) is 5.59. The highest BCUT2D eigenvalue weighted by atomic mass is 19.1. The molecule has 1 aromatic carbocycles. The molecule has 0 radical (unpaired) electrons. The molecule has 18 heavy (non-hydrogen) atoms. The topological polar surface area (TPSA) is 32.3 Å². The van der Waals surface area contributed by atoms with E-state index in [4.69, 9.17) is 5.11 Å². The Kier molecular flexibility index (Phi) is 4.36. The van der Waals surface area contributed by atoms with Crippen molar-refractivity contribution in [3.8, 4) is 0 Å². The smallest absolute Gasteiger partial charge is 0.123 e. The Balaban J connectivity index is 1.77. The lowest BCUT2D eigenvalue weighted by Crippen LogP contribution is -2.33. The van der Waals surface area contributed by atoms with Crippen molar-refractivity contribution >= 4 is 0 Å². The quantitative estimate of drug-likeness (QED) is 0.780. The van der Waals surface area contributed by atoms with Crippen LogP contribution in [-0.4, -0.2) is 24.3 Å². The van der Waals surface area contributed by atoms with E-state index < -0.39 is 0 Å². The SMILES string of the molecule is CC(Cc1cccc(F)c1)NCC1(CCO)CC1. The molecular formula is C15H22FNO. The average Bonchev–Trinajstić information content (AvgIpc) is 3.08. The maximum Gasteiger partial charge on any atom is 0.123 e. The maximum absolute atomic E-state index is 13.1. The van der Waals surface area contributed by atoms with E-state index in [9.17, 15) is 4.39 Å². The van der Waals surface area contributed by atoms with Crippen LogP contribution in [0.4, 0.5) is 4.39 Å². The molecule has 2 N–H and O–H groups in total. The summed E-state index contributed by atoms with van der Waals surface area (Å²) in [5.41, 5.74) is 1.37. The van der Waals surface area contributed by atoms with E-state index in [2.05, 4.69) is 12.2 Å². The molecule has 0 amide bonds. The van der Waals surface area contributed by atoms with Gasteiger partial charge in [-0.25, -0.2) is 4.39 Å². The number of aliphatic hydroxyl groups excluding tert-OH is 1. The normalized spacial score (nSPS) is 18.6. The van der Waals surface area contributed by atoms with Gasteiger partial charge in [0.05, 0.1) is 0 Å². The van der Waals surface area contributed by atoms with Gasteiger partial charge in [0.1, 0.15) is 5.82 Å². The molecule has 0 aromatic heterocycles. The number of nitrogens with one attached hydrogen (secondary N) is 1. The second-order valence-corrected chi connectivity index (χ2v) is 5.59. The molecule has 1 unspecified atom stereocenters. The van der Waals surface area contributed by atoms with E-state index in [0.717, 1.165) is 24.9 Å². The molecule has 0 spiro atoms. The van der Waals surface area contributed by atoms with Crippen molar-refractivity contribution in [2.45, 2.75) is 38.6 Å². The summed E-state index contributed by atoms with van der Waals surface area (Å²) in [5, 5.41) is 12.5. The summed E-state index contributed by atoms with van der Waals surface area (Å²) < 4.78 is 13.1. The molecule has 0 saturated heterocycles. The van der Waals surface area contributed by atoms with Crippen molar-refractivity contribution in [3.63, 3.8) is 0 Å². The first-order valence-corrected chi connectivity index (χ1v) is 6.72. The second kappa shape index (κ2) is 5.81. The van der Waals surface area contributed by atoms with Gasteiger partial charge in [-0.05, 0) is 55.7 Å². The van der Waals surface area contributed by atoms with Crippen molar-refractivity contribution in [2.24, 2.45) is 5.41 Å². The van der Waals surface area contributed by atoms with Gasteiger partial charge in [-0.3, -0.25) is 0 Å². The Bertz CT molecular complexity index is 390. The number of halogens is 1. The minimum absolute atomic E-state index is 0.168. The third-order valence-corrected chi connectivity index (χ3v) is 3.86. The van der Waals surface area contributed by atoms with Crippen LogP contribution in [0.1, 0.15) is 31.7 Å². The average molecular weight is 251 g/mol. The first-order chi connectivity index (χ1) is 8.63. The van der Waals surface area contributed by atoms with Crippen molar-refractivity contribution < 1.29 is 9.50 Å². The minimum atomic E-state index is -0.168. The number of benzene rings is 1. The highest BCUT2D eigenvalue weighted by Crippen LogP contribution is 2.47. The predicted octanol–water partition coefficient (Wildman–Crippen LogP) is 2.51. The Morgan fingerprint density at radius 2 is 2.22 bits per heavy atom. The van der Waals surface area contributed by atoms with Crippen molar-refractivity contribution in [2.75, 3.05) is 13.2 Å². The van der Waals surface area contributed by atoms with Gasteiger partial charge in [0, 0.05) is 19.2 Å². The van der Waals surface area contributed by atoms with Gasteiger partial charge in [0.2, 0.25) is 0 Å². The van der Waals surface area contributed by atoms with Gasteiger partial charge in [-0.1, -0.05) is 12.1 Å². The standard InChI is InChI=1S/C15H22FNO/c1-12(9-13-3-2-4-14(16)10-13)17-11-15(5-6-15)7-8-18/h2-4,10,12,17-18H,5-9,11H2,1H3. The predicted molar refractivity (Wildman–Crippen MR) is 70.9 cm³/mol. The first-order valence-electron chi connectivity index (χ1n) is 6.72. The summed E-state index contributed by atoms with van der Waals surface area (Å²) in [6, 6.07) is 7.12. The first kappa shape index (κ1) is 13.5. The van der Waals surface area contributed by atoms with Crippen LogP contribution in [0.2, 0.25) is 0 Å². The number of hydrogen-bond acceptors (Lipinski definition) is 2. The van der Waals surface area contributed by atoms with Crippen molar-refractivity contribution in [1.29, 1.82) is 0 Å². The van der Waals surface area contributed by atoms with Gasteiger partial charge in [0.15, 0.2) is 0 Å². The molecule has 1 saturated carbocycles. The molecule has 2 rings (SSSR count). The zero-order valence-corrected chi connectivity index (χ0v) is 11.0. The van der Waals surface area contributed by atoms with Gasteiger partial charge < -0.3 is 10.4 Å². The number of hydrogen-bond donors (Lipinski definition) is 2. The van der Waals surface area contributed by atoms with Crippen molar-refractivity contribution in [3.05, 3.63) is 35.6 Å². The summed E-state index contributed by atoms with van der Waals surface area (Å²) in [4.78, 5) is 0. The zero-order chi connectivity index (χ0) is 13.0. The van der Waals surface area contributed by atoms with Crippen LogP contribution in [-0.2, 0) is 6.42 Å². The fourth-order valence-electron chi connectivity index (χ4n) is 2.41. The molecule has 100 valence electrons. The molecule has 1 fully saturated rings. The van der Waals surface area contributed by atoms with Gasteiger partial charge in [-0.2, -0.15) is 0 Å². The van der Waals surface area contributed by atoms with Gasteiger partial charge >= 0.3 is 0 Å². The van der Waals surface area contributed by atoms with Gasteiger partial charge in [0.25, 0.3) is 0 Å². The molecule has 1 aromatic rings. The summed E-state index contributed by atoms with van der Waals surface area (Å²) in [6.45, 7) is 3.37. The van der Waals surface area contributed by atoms with Gasteiger partial charge in [-0.15, -0.1) is 0 Å². The summed E-state index contributed by atoms with van der Waals surface area (Å²) in [6.07, 6.45) is 4.17. The van der Waals surface area contributed by atoms with Crippen LogP contribution in [0, 0.1) is 11.2 Å². The van der Waals surface area contributed by atoms with Crippen molar-refractivity contribution in [1.82, 2.24) is 5.32 Å². The largest absolute Gasteiger partial charge is 0.396 e. The summed E-state index contributed by atoms with van der Waals surface area (Å²) >= 11 is 0. The van der Waals surface area contributed by atoms with Crippen LogP contribution in [0.15, 0.2) is 24.3 Å². The van der Waals surface area contributed by atoms with Crippen LogP contribution >= 0.6 is 0 Å². The van der Waals surface area contributed by atoms with E-state index in [1.165, 1.54) is 18.9 Å². The molecule has 1 atom stereocenters. The fraction of sp³-hybridized carbons (Fsp3) is 0.600. The molecule has 3 heteroatoms. The molecule has 1 aliphatic carbocycles. The molecule has 1 aliphatic rings. The third-order valence-electron chi connectivity index (χ3n) is 3.86. The monoisotopic (exact) mass is 251 g/mol. The Labute approximate surface area is 108 Å². The van der Waals surface area contributed by atoms with E-state index >= 15 is 0 Å². The summed E-state index contributed by atoms with van der Waals surface area (Å²) in [7, 11) is 0. The molecule has 0 aliphatic heterocycles. The van der Waals surface area contributed by atoms with E-state index in [1.807, 2.05) is 6.07 Å². The lowest BCUT2D eigenvalue weighted by molar-refractivity contribution is 0.242. The van der Waals surface area contributed by atoms with Crippen LogP contribution in [0.25, 0.3) is 0 Å². The number of rotatable bonds is 7. The lowest BCUT2D eigenvalue weighted by Gasteiger charge is -2.19. The highest BCUT2D eigenvalue weighted by Gasteiger charge is 2.41. The highest BCUT2D eigenvalue weighted by molar-refractivity contribution is 5.17. The van der Waals surface area contributed by atoms with Crippen LogP contribution < -0.4 is 5.32 Å². The third kappa shape index (κ3) is 3.79. The minimum Gasteiger partial charge on any atom is -0.396 e. The molecule has 0 heterocycles. The molecule has 2 nitrogen and oxygen atoms in total. The lowest BCUT2D eigenvalue weighted by atomic mass is 10.0. The van der Waals surface area contributed by atoms with E-state index in [0.29, 0.717) is 11.5 Å². The Morgan fingerprint density at radius 1 is 1.44 bits per heavy atom. The van der Waals surface area contributed by atoms with Crippen LogP contribution in [0.3, 0.4) is 0 Å². The maximum atomic E-state index is 13.1. The molecular weight excluding hydrogens is 229 g/mol. The molecule has 0 bridgehead atoms. The Hall–Kier alpha value is -0.930.